The summed E-state index contributed by atoms with van der Waals surface area (Å²) < 4.78 is 0. The number of likely N-dealkylation sites (tertiary alicyclic amines) is 1. The lowest BCUT2D eigenvalue weighted by Crippen LogP contribution is -2.40. The summed E-state index contributed by atoms with van der Waals surface area (Å²) in [5.41, 5.74) is 1.23. The minimum absolute atomic E-state index is 0.00305. The fourth-order valence-electron chi connectivity index (χ4n) is 4.72. The lowest BCUT2D eigenvalue weighted by Gasteiger charge is -2.27. The number of allylic oxidation sites excluding steroid dienone is 1. The number of amides is 2. The Kier molecular flexibility index (Phi) is 16.6. The Bertz CT molecular complexity index is 495. The van der Waals surface area contributed by atoms with Crippen LogP contribution in [-0.2, 0) is 9.59 Å². The van der Waals surface area contributed by atoms with Crippen LogP contribution < -0.4 is 0 Å². The minimum atomic E-state index is -0.00305. The van der Waals surface area contributed by atoms with Gasteiger partial charge in [0.2, 0.25) is 11.8 Å². The fraction of sp³-hybridized carbons (Fsp3) is 0.857. The maximum atomic E-state index is 12.4. The van der Waals surface area contributed by atoms with Gasteiger partial charge in [-0.3, -0.25) is 14.5 Å². The second-order valence-electron chi connectivity index (χ2n) is 9.65. The molecule has 1 atom stereocenters. The summed E-state index contributed by atoms with van der Waals surface area (Å²) in [6.07, 6.45) is 26.1. The van der Waals surface area contributed by atoms with E-state index in [-0.39, 0.29) is 17.9 Å². The van der Waals surface area contributed by atoms with Gasteiger partial charge in [0.05, 0.1) is 6.04 Å². The molecule has 0 aromatic rings. The van der Waals surface area contributed by atoms with Crippen LogP contribution in [0.4, 0.5) is 0 Å². The molecule has 31 heavy (non-hydrogen) atoms. The topological polar surface area (TPSA) is 37.4 Å². The zero-order valence-corrected chi connectivity index (χ0v) is 21.1. The highest BCUT2D eigenvalue weighted by Crippen LogP contribution is 2.25. The van der Waals surface area contributed by atoms with Crippen LogP contribution in [0.5, 0.6) is 0 Å². The molecule has 1 aliphatic rings. The Hall–Kier alpha value is -1.12. The van der Waals surface area contributed by atoms with Crippen LogP contribution in [0.15, 0.2) is 11.6 Å². The molecule has 0 N–H and O–H groups in total. The second-order valence-corrected chi connectivity index (χ2v) is 9.65. The Morgan fingerprint density at radius 2 is 1.13 bits per heavy atom. The van der Waals surface area contributed by atoms with E-state index in [1.807, 2.05) is 0 Å². The average molecular weight is 434 g/mol. The van der Waals surface area contributed by atoms with Gasteiger partial charge in [0, 0.05) is 12.8 Å². The maximum absolute atomic E-state index is 12.4. The van der Waals surface area contributed by atoms with Gasteiger partial charge in [0.15, 0.2) is 0 Å². The van der Waals surface area contributed by atoms with Crippen molar-refractivity contribution in [3.8, 4) is 0 Å². The van der Waals surface area contributed by atoms with Crippen LogP contribution in [0.3, 0.4) is 0 Å². The summed E-state index contributed by atoms with van der Waals surface area (Å²) in [5, 5.41) is 0. The van der Waals surface area contributed by atoms with Gasteiger partial charge in [-0.1, -0.05) is 122 Å². The highest BCUT2D eigenvalue weighted by atomic mass is 16.2. The molecule has 3 heteroatoms. The van der Waals surface area contributed by atoms with E-state index in [9.17, 15) is 9.59 Å². The van der Waals surface area contributed by atoms with Crippen LogP contribution >= 0.6 is 0 Å². The Morgan fingerprint density at radius 1 is 0.710 bits per heavy atom. The van der Waals surface area contributed by atoms with Crippen LogP contribution in [-0.4, -0.2) is 22.8 Å². The number of carbonyl (C=O) groups is 2. The molecular weight excluding hydrogens is 382 g/mol. The molecule has 0 aromatic heterocycles. The monoisotopic (exact) mass is 433 g/mol. The number of imide groups is 1. The highest BCUT2D eigenvalue weighted by Gasteiger charge is 2.35. The first-order valence-corrected chi connectivity index (χ1v) is 13.6. The molecule has 0 radical (unpaired) electrons. The van der Waals surface area contributed by atoms with E-state index in [0.29, 0.717) is 12.8 Å². The normalized spacial score (nSPS) is 15.8. The molecule has 0 saturated carbocycles. The molecule has 1 rings (SSSR count). The molecule has 0 aromatic carbocycles. The lowest BCUT2D eigenvalue weighted by atomic mass is 9.97. The van der Waals surface area contributed by atoms with Gasteiger partial charge in [-0.25, -0.2) is 0 Å². The molecule has 3 nitrogen and oxygen atoms in total. The molecule has 0 bridgehead atoms. The number of hydrogen-bond donors (Lipinski definition) is 0. The van der Waals surface area contributed by atoms with Gasteiger partial charge in [0.1, 0.15) is 0 Å². The van der Waals surface area contributed by atoms with Crippen molar-refractivity contribution in [1.82, 2.24) is 4.90 Å². The lowest BCUT2D eigenvalue weighted by molar-refractivity contribution is -0.140. The van der Waals surface area contributed by atoms with Crippen molar-refractivity contribution >= 4 is 11.8 Å². The summed E-state index contributed by atoms with van der Waals surface area (Å²) in [5.74, 6) is 0.0718. The van der Waals surface area contributed by atoms with Crippen molar-refractivity contribution in [2.24, 2.45) is 0 Å². The van der Waals surface area contributed by atoms with E-state index in [0.717, 1.165) is 19.3 Å². The summed E-state index contributed by atoms with van der Waals surface area (Å²) in [6.45, 7) is 6.65. The standard InChI is InChI=1S/C28H51NO2/c1-4-6-8-10-12-13-14-16-17-19-21-25(3)26(29-27(30)23-24-28(29)31)22-20-18-15-11-9-7-5-2/h21,26H,4-20,22-24H2,1-3H3. The maximum Gasteiger partial charge on any atom is 0.230 e. The van der Waals surface area contributed by atoms with Gasteiger partial charge in [0.25, 0.3) is 0 Å². The zero-order valence-electron chi connectivity index (χ0n) is 21.1. The molecule has 1 unspecified atom stereocenters. The van der Waals surface area contributed by atoms with Crippen LogP contribution in [0.2, 0.25) is 0 Å². The molecule has 1 fully saturated rings. The van der Waals surface area contributed by atoms with E-state index in [1.54, 1.807) is 4.90 Å². The van der Waals surface area contributed by atoms with Crippen molar-refractivity contribution in [3.05, 3.63) is 11.6 Å². The number of rotatable bonds is 20. The van der Waals surface area contributed by atoms with E-state index in [4.69, 9.17) is 0 Å². The van der Waals surface area contributed by atoms with E-state index >= 15 is 0 Å². The number of carbonyl (C=O) groups excluding carboxylic acids is 2. The van der Waals surface area contributed by atoms with Crippen molar-refractivity contribution in [3.63, 3.8) is 0 Å². The fourth-order valence-corrected chi connectivity index (χ4v) is 4.72. The smallest absolute Gasteiger partial charge is 0.230 e. The Labute approximate surface area is 193 Å². The molecule has 180 valence electrons. The third-order valence-electron chi connectivity index (χ3n) is 6.78. The first-order valence-electron chi connectivity index (χ1n) is 13.6. The van der Waals surface area contributed by atoms with Crippen molar-refractivity contribution in [2.75, 3.05) is 0 Å². The van der Waals surface area contributed by atoms with Gasteiger partial charge >= 0.3 is 0 Å². The minimum Gasteiger partial charge on any atom is -0.275 e. The second kappa shape index (κ2) is 18.5. The largest absolute Gasteiger partial charge is 0.275 e. The van der Waals surface area contributed by atoms with Gasteiger partial charge in [-0.05, 0) is 26.2 Å². The molecule has 1 heterocycles. The first kappa shape index (κ1) is 27.9. The quantitative estimate of drug-likeness (QED) is 0.110. The van der Waals surface area contributed by atoms with Crippen LogP contribution in [0, 0.1) is 0 Å². The van der Waals surface area contributed by atoms with Crippen molar-refractivity contribution < 1.29 is 9.59 Å². The summed E-state index contributed by atoms with van der Waals surface area (Å²) in [7, 11) is 0. The van der Waals surface area contributed by atoms with Crippen LogP contribution in [0.25, 0.3) is 0 Å². The Balaban J connectivity index is 2.36. The third-order valence-corrected chi connectivity index (χ3v) is 6.78. The van der Waals surface area contributed by atoms with E-state index < -0.39 is 0 Å². The molecule has 1 aliphatic heterocycles. The number of unbranched alkanes of at least 4 members (excludes halogenated alkanes) is 15. The van der Waals surface area contributed by atoms with Gasteiger partial charge in [-0.2, -0.15) is 0 Å². The number of hydrogen-bond acceptors (Lipinski definition) is 2. The molecule has 1 saturated heterocycles. The summed E-state index contributed by atoms with van der Waals surface area (Å²) in [6, 6.07) is -0.00305. The SMILES string of the molecule is CCCCCCCCCCCC=C(C)C(CCCCCCCCC)N1C(=O)CCC1=O. The van der Waals surface area contributed by atoms with Gasteiger partial charge < -0.3 is 0 Å². The molecular formula is C28H51NO2. The van der Waals surface area contributed by atoms with E-state index in [1.165, 1.54) is 102 Å². The van der Waals surface area contributed by atoms with Crippen molar-refractivity contribution in [2.45, 2.75) is 155 Å². The molecule has 2 amide bonds. The molecule has 0 spiro atoms. The summed E-state index contributed by atoms with van der Waals surface area (Å²) in [4.78, 5) is 26.3. The predicted octanol–water partition coefficient (Wildman–Crippen LogP) is 8.51. The Morgan fingerprint density at radius 3 is 1.61 bits per heavy atom. The predicted molar refractivity (Wildman–Crippen MR) is 133 cm³/mol. The van der Waals surface area contributed by atoms with Crippen LogP contribution in [0.1, 0.15) is 149 Å². The zero-order chi connectivity index (χ0) is 22.7. The highest BCUT2D eigenvalue weighted by molar-refractivity contribution is 6.02. The summed E-state index contributed by atoms with van der Waals surface area (Å²) >= 11 is 0. The van der Waals surface area contributed by atoms with E-state index in [2.05, 4.69) is 26.8 Å². The average Bonchev–Trinajstić information content (AvgIpc) is 3.09. The van der Waals surface area contributed by atoms with Gasteiger partial charge in [-0.15, -0.1) is 0 Å². The van der Waals surface area contributed by atoms with Crippen molar-refractivity contribution in [1.29, 1.82) is 0 Å². The third kappa shape index (κ3) is 12.5. The molecule has 0 aliphatic carbocycles. The first-order chi connectivity index (χ1) is 15.1. The number of nitrogens with zero attached hydrogens (tertiary/aromatic N) is 1.